The molecule has 6 nitrogen and oxygen atoms in total. The first-order valence-electron chi connectivity index (χ1n) is 8.42. The molecule has 3 rings (SSSR count). The van der Waals surface area contributed by atoms with Crippen molar-refractivity contribution in [2.24, 2.45) is 5.92 Å². The van der Waals surface area contributed by atoms with Gasteiger partial charge in [0.15, 0.2) is 0 Å². The highest BCUT2D eigenvalue weighted by molar-refractivity contribution is 6.04. The Morgan fingerprint density at radius 2 is 1.76 bits per heavy atom. The molecule has 130 valence electrons. The van der Waals surface area contributed by atoms with Crippen LogP contribution in [0.5, 0.6) is 0 Å². The van der Waals surface area contributed by atoms with Gasteiger partial charge in [0, 0.05) is 23.4 Å². The van der Waals surface area contributed by atoms with Crippen molar-refractivity contribution in [1.29, 1.82) is 0 Å². The van der Waals surface area contributed by atoms with Gasteiger partial charge in [-0.15, -0.1) is 0 Å². The largest absolute Gasteiger partial charge is 0.326 e. The Balaban J connectivity index is 1.56. The van der Waals surface area contributed by atoms with Crippen molar-refractivity contribution >= 4 is 23.2 Å². The minimum absolute atomic E-state index is 0.0562. The van der Waals surface area contributed by atoms with Crippen LogP contribution in [-0.4, -0.2) is 41.8 Å². The third-order valence-electron chi connectivity index (χ3n) is 4.42. The number of piperidine rings is 1. The first-order valence-corrected chi connectivity index (χ1v) is 8.42. The zero-order valence-corrected chi connectivity index (χ0v) is 14.2. The average Bonchev–Trinajstić information content (AvgIpc) is 2.63. The summed E-state index contributed by atoms with van der Waals surface area (Å²) < 4.78 is 0. The topological polar surface area (TPSA) is 74.3 Å². The third-order valence-corrected chi connectivity index (χ3v) is 4.42. The Labute approximate surface area is 147 Å². The number of amides is 2. The predicted molar refractivity (Wildman–Crippen MR) is 97.5 cm³/mol. The van der Waals surface area contributed by atoms with E-state index in [-0.39, 0.29) is 17.7 Å². The third kappa shape index (κ3) is 4.64. The van der Waals surface area contributed by atoms with E-state index in [2.05, 4.69) is 27.6 Å². The Bertz CT molecular complexity index is 723. The second-order valence-corrected chi connectivity index (χ2v) is 6.34. The van der Waals surface area contributed by atoms with Gasteiger partial charge in [0.1, 0.15) is 0 Å². The molecule has 0 atom stereocenters. The summed E-state index contributed by atoms with van der Waals surface area (Å²) in [6.07, 6.45) is 5.01. The van der Waals surface area contributed by atoms with E-state index in [1.165, 1.54) is 0 Å². The van der Waals surface area contributed by atoms with Gasteiger partial charge in [-0.1, -0.05) is 0 Å². The number of hydrogen-bond donors (Lipinski definition) is 2. The first kappa shape index (κ1) is 17.1. The van der Waals surface area contributed by atoms with Gasteiger partial charge in [0.05, 0.1) is 11.9 Å². The molecule has 0 spiro atoms. The molecule has 1 aromatic carbocycles. The van der Waals surface area contributed by atoms with Crippen LogP contribution in [0.15, 0.2) is 48.8 Å². The molecule has 1 aliphatic heterocycles. The lowest BCUT2D eigenvalue weighted by Gasteiger charge is -2.28. The number of anilines is 2. The van der Waals surface area contributed by atoms with Gasteiger partial charge in [-0.3, -0.25) is 14.6 Å². The summed E-state index contributed by atoms with van der Waals surface area (Å²) in [5.41, 5.74) is 1.88. The van der Waals surface area contributed by atoms with Crippen molar-refractivity contribution in [3.63, 3.8) is 0 Å². The summed E-state index contributed by atoms with van der Waals surface area (Å²) in [5, 5.41) is 5.72. The summed E-state index contributed by atoms with van der Waals surface area (Å²) in [5.74, 6) is -0.0911. The minimum atomic E-state index is -0.207. The van der Waals surface area contributed by atoms with E-state index in [0.717, 1.165) is 25.9 Å². The standard InChI is InChI=1S/C19H22N4O2/c1-23-11-8-15(9-12-23)19(25)21-16-6-4-14(5-7-16)18(24)22-17-3-2-10-20-13-17/h2-7,10,13,15H,8-9,11-12H2,1H3,(H,21,25)(H,22,24). The van der Waals surface area contributed by atoms with E-state index in [4.69, 9.17) is 0 Å². The maximum atomic E-state index is 12.3. The molecule has 1 aliphatic rings. The van der Waals surface area contributed by atoms with E-state index in [0.29, 0.717) is 16.9 Å². The highest BCUT2D eigenvalue weighted by atomic mass is 16.2. The number of carbonyl (C=O) groups is 2. The molecule has 1 aromatic heterocycles. The van der Waals surface area contributed by atoms with E-state index in [9.17, 15) is 9.59 Å². The fourth-order valence-electron chi connectivity index (χ4n) is 2.86. The van der Waals surface area contributed by atoms with Crippen LogP contribution in [-0.2, 0) is 4.79 Å². The van der Waals surface area contributed by atoms with E-state index in [1.807, 2.05) is 0 Å². The molecule has 0 bridgehead atoms. The molecule has 1 saturated heterocycles. The van der Waals surface area contributed by atoms with Crippen molar-refractivity contribution < 1.29 is 9.59 Å². The molecule has 2 N–H and O–H groups in total. The lowest BCUT2D eigenvalue weighted by molar-refractivity contribution is -0.121. The zero-order chi connectivity index (χ0) is 17.6. The van der Waals surface area contributed by atoms with Crippen LogP contribution in [0.3, 0.4) is 0 Å². The Morgan fingerprint density at radius 1 is 1.04 bits per heavy atom. The van der Waals surface area contributed by atoms with Gasteiger partial charge in [-0.25, -0.2) is 0 Å². The second-order valence-electron chi connectivity index (χ2n) is 6.34. The van der Waals surface area contributed by atoms with Crippen molar-refractivity contribution in [1.82, 2.24) is 9.88 Å². The minimum Gasteiger partial charge on any atom is -0.326 e. The van der Waals surface area contributed by atoms with Crippen molar-refractivity contribution in [2.45, 2.75) is 12.8 Å². The molecule has 0 saturated carbocycles. The van der Waals surface area contributed by atoms with Crippen LogP contribution in [0.4, 0.5) is 11.4 Å². The number of hydrogen-bond acceptors (Lipinski definition) is 4. The van der Waals surface area contributed by atoms with Gasteiger partial charge in [-0.05, 0) is 69.4 Å². The smallest absolute Gasteiger partial charge is 0.255 e. The maximum Gasteiger partial charge on any atom is 0.255 e. The first-order chi connectivity index (χ1) is 12.1. The van der Waals surface area contributed by atoms with Gasteiger partial charge in [-0.2, -0.15) is 0 Å². The van der Waals surface area contributed by atoms with Gasteiger partial charge < -0.3 is 15.5 Å². The molecule has 2 aromatic rings. The van der Waals surface area contributed by atoms with Crippen LogP contribution in [0.25, 0.3) is 0 Å². The highest BCUT2D eigenvalue weighted by Gasteiger charge is 2.23. The number of nitrogens with one attached hydrogen (secondary N) is 2. The zero-order valence-electron chi connectivity index (χ0n) is 14.2. The van der Waals surface area contributed by atoms with Crippen LogP contribution in [0.2, 0.25) is 0 Å². The molecule has 0 radical (unpaired) electrons. The van der Waals surface area contributed by atoms with Crippen LogP contribution >= 0.6 is 0 Å². The van der Waals surface area contributed by atoms with Gasteiger partial charge >= 0.3 is 0 Å². The molecule has 0 unspecified atom stereocenters. The molecule has 6 heteroatoms. The van der Waals surface area contributed by atoms with Gasteiger partial charge in [0.25, 0.3) is 5.91 Å². The van der Waals surface area contributed by atoms with Gasteiger partial charge in [0.2, 0.25) is 5.91 Å². The van der Waals surface area contributed by atoms with E-state index >= 15 is 0 Å². The van der Waals surface area contributed by atoms with Crippen molar-refractivity contribution in [2.75, 3.05) is 30.8 Å². The number of nitrogens with zero attached hydrogens (tertiary/aromatic N) is 2. The SMILES string of the molecule is CN1CCC(C(=O)Nc2ccc(C(=O)Nc3cccnc3)cc2)CC1. The fourth-order valence-corrected chi connectivity index (χ4v) is 2.86. The summed E-state index contributed by atoms with van der Waals surface area (Å²) in [6.45, 7) is 1.90. The molecule has 0 aliphatic carbocycles. The lowest BCUT2D eigenvalue weighted by atomic mass is 9.96. The predicted octanol–water partition coefficient (Wildman–Crippen LogP) is 2.61. The summed E-state index contributed by atoms with van der Waals surface area (Å²) >= 11 is 0. The molecular weight excluding hydrogens is 316 g/mol. The normalized spacial score (nSPS) is 15.6. The maximum absolute atomic E-state index is 12.3. The molecular formula is C19H22N4O2. The number of carbonyl (C=O) groups excluding carboxylic acids is 2. The Morgan fingerprint density at radius 3 is 2.40 bits per heavy atom. The Kier molecular flexibility index (Phi) is 5.40. The van der Waals surface area contributed by atoms with Crippen LogP contribution in [0, 0.1) is 5.92 Å². The number of aromatic nitrogens is 1. The van der Waals surface area contributed by atoms with Crippen molar-refractivity contribution in [3.05, 3.63) is 54.4 Å². The van der Waals surface area contributed by atoms with Crippen LogP contribution < -0.4 is 10.6 Å². The second kappa shape index (κ2) is 7.90. The number of likely N-dealkylation sites (tertiary alicyclic amines) is 1. The summed E-state index contributed by atoms with van der Waals surface area (Å²) in [7, 11) is 2.07. The lowest BCUT2D eigenvalue weighted by Crippen LogP contribution is -2.35. The number of benzene rings is 1. The molecule has 1 fully saturated rings. The fraction of sp³-hybridized carbons (Fsp3) is 0.316. The van der Waals surface area contributed by atoms with E-state index in [1.54, 1.807) is 48.8 Å². The van der Waals surface area contributed by atoms with Crippen LogP contribution in [0.1, 0.15) is 23.2 Å². The summed E-state index contributed by atoms with van der Waals surface area (Å²) in [4.78, 5) is 30.7. The average molecular weight is 338 g/mol. The molecule has 2 amide bonds. The van der Waals surface area contributed by atoms with Crippen molar-refractivity contribution in [3.8, 4) is 0 Å². The molecule has 25 heavy (non-hydrogen) atoms. The number of pyridine rings is 1. The Hall–Kier alpha value is -2.73. The van der Waals surface area contributed by atoms with E-state index < -0.39 is 0 Å². The quantitative estimate of drug-likeness (QED) is 0.899. The number of rotatable bonds is 4. The monoisotopic (exact) mass is 338 g/mol. The highest BCUT2D eigenvalue weighted by Crippen LogP contribution is 2.19. The molecule has 2 heterocycles. The summed E-state index contributed by atoms with van der Waals surface area (Å²) in [6, 6.07) is 10.5.